The maximum Gasteiger partial charge on any atom is 0.295 e. The molecule has 328 valence electrons. The van der Waals surface area contributed by atoms with E-state index in [2.05, 4.69) is 31.3 Å². The number of rotatable bonds is 17. The Morgan fingerprint density at radius 1 is 0.875 bits per heavy atom. The first-order valence-electron chi connectivity index (χ1n) is 20.8. The molecule has 0 saturated carbocycles. The van der Waals surface area contributed by atoms with Crippen LogP contribution in [-0.4, -0.2) is 73.9 Å². The van der Waals surface area contributed by atoms with Crippen molar-refractivity contribution < 1.29 is 32.8 Å². The Labute approximate surface area is 372 Å². The second-order valence-electron chi connectivity index (χ2n) is 16.2. The Balaban J connectivity index is 1.19. The maximum absolute atomic E-state index is 13.2. The predicted molar refractivity (Wildman–Crippen MR) is 240 cm³/mol. The van der Waals surface area contributed by atoms with E-state index in [-0.39, 0.29) is 30.2 Å². The minimum Gasteiger partial charge on any atom is -0.497 e. The Kier molecular flexibility index (Phi) is 13.4. The van der Waals surface area contributed by atoms with Crippen molar-refractivity contribution in [1.82, 2.24) is 28.8 Å². The Hall–Kier alpha value is -6.53. The van der Waals surface area contributed by atoms with Crippen LogP contribution in [0.1, 0.15) is 66.9 Å². The second kappa shape index (κ2) is 19.5. The van der Waals surface area contributed by atoms with Crippen molar-refractivity contribution in [2.75, 3.05) is 26.1 Å². The third-order valence-corrected chi connectivity index (χ3v) is 12.6. The largest absolute Gasteiger partial charge is 0.497 e. The highest BCUT2D eigenvalue weighted by molar-refractivity contribution is 7.45. The van der Waals surface area contributed by atoms with E-state index in [1.165, 1.54) is 6.33 Å². The third kappa shape index (κ3) is 9.38. The monoisotopic (exact) mass is 880 g/mol. The first kappa shape index (κ1) is 44.1. The number of carbonyl (C=O) groups is 1. The molecule has 8 rings (SSSR count). The molecule has 16 heteroatoms. The van der Waals surface area contributed by atoms with E-state index in [9.17, 15) is 10.1 Å². The predicted octanol–water partition coefficient (Wildman–Crippen LogP) is 9.09. The fourth-order valence-electron chi connectivity index (χ4n) is 7.63. The number of ether oxygens (including phenoxy) is 4. The molecule has 15 nitrogen and oxygen atoms in total. The average molecular weight is 881 g/mol. The molecule has 64 heavy (non-hydrogen) atoms. The van der Waals surface area contributed by atoms with Crippen molar-refractivity contribution in [3.05, 3.63) is 163 Å². The zero-order valence-electron chi connectivity index (χ0n) is 36.1. The lowest BCUT2D eigenvalue weighted by molar-refractivity contribution is -0.0910. The smallest absolute Gasteiger partial charge is 0.295 e. The summed E-state index contributed by atoms with van der Waals surface area (Å²) in [6.07, 6.45) is 6.16. The molecule has 0 spiro atoms. The number of methoxy groups -OCH3 is 2. The second-order valence-corrected chi connectivity index (χ2v) is 17.6. The molecule has 1 saturated heterocycles. The number of aromatic nitrogens is 6. The molecular weight excluding hydrogens is 832 g/mol. The SMILES string of the molecule is COc1ccc(C(OC[C@H]2O[C@@H](n3cnc4c(NC(=O)c5ccccc5)ncnc43)C[C@@H]2OP(OC(CC#N)C(C)(C)C)n2ccnc2)(c2ccccc2)c2ccc(OC)cc2)cc1. The zero-order chi connectivity index (χ0) is 44.7. The fraction of sp³-hybridized carbons (Fsp3) is 0.292. The summed E-state index contributed by atoms with van der Waals surface area (Å²) in [5.41, 5.74) is 2.38. The van der Waals surface area contributed by atoms with Gasteiger partial charge in [0.1, 0.15) is 42.1 Å². The quantitative estimate of drug-likeness (QED) is 0.0681. The van der Waals surface area contributed by atoms with Crippen molar-refractivity contribution in [3.8, 4) is 17.6 Å². The van der Waals surface area contributed by atoms with Crippen LogP contribution in [-0.2, 0) is 24.1 Å². The van der Waals surface area contributed by atoms with E-state index < -0.39 is 38.7 Å². The molecule has 0 radical (unpaired) electrons. The van der Waals surface area contributed by atoms with Crippen molar-refractivity contribution in [1.29, 1.82) is 5.26 Å². The maximum atomic E-state index is 13.2. The molecule has 4 heterocycles. The van der Waals surface area contributed by atoms with E-state index in [4.69, 9.17) is 28.0 Å². The standard InChI is InChI=1S/C48H49N8O7P/c1-47(2,3)41(24-25-49)63-64(55-27-26-50-31-55)62-39-28-42(56-32-53-43-44(51-30-52-45(43)56)54-46(57)33-12-8-6-9-13-33)61-40(39)29-60-48(34-14-10-7-11-15-34,35-16-20-37(58-4)21-17-35)36-18-22-38(59-5)23-19-36/h6-23,26-27,30-32,39-42H,24,28-29H2,1-5H3,(H,51,52,54,57)/t39-,40+,41?,42+,64?/m0/s1. The minimum absolute atomic E-state index is 0.0438. The van der Waals surface area contributed by atoms with Gasteiger partial charge < -0.3 is 33.3 Å². The van der Waals surface area contributed by atoms with E-state index in [1.54, 1.807) is 67.9 Å². The van der Waals surface area contributed by atoms with Gasteiger partial charge in [-0.25, -0.2) is 19.9 Å². The summed E-state index contributed by atoms with van der Waals surface area (Å²) in [6.45, 7) is 6.14. The number of imidazole rings is 2. The normalized spacial score (nSPS) is 17.4. The molecule has 1 aliphatic heterocycles. The van der Waals surface area contributed by atoms with E-state index in [0.29, 0.717) is 34.6 Å². The van der Waals surface area contributed by atoms with Crippen LogP contribution in [0.3, 0.4) is 0 Å². The van der Waals surface area contributed by atoms with Crippen LogP contribution in [0, 0.1) is 16.7 Å². The molecule has 0 bridgehead atoms. The van der Waals surface area contributed by atoms with Crippen molar-refractivity contribution in [2.24, 2.45) is 5.41 Å². The lowest BCUT2D eigenvalue weighted by Crippen LogP contribution is -2.38. The fourth-order valence-corrected chi connectivity index (χ4v) is 9.27. The highest BCUT2D eigenvalue weighted by atomic mass is 31.2. The molecule has 7 aromatic rings. The zero-order valence-corrected chi connectivity index (χ0v) is 37.0. The van der Waals surface area contributed by atoms with E-state index in [1.807, 2.05) is 110 Å². The van der Waals surface area contributed by atoms with E-state index in [0.717, 1.165) is 16.7 Å². The average Bonchev–Trinajstić information content (AvgIpc) is 4.11. The summed E-state index contributed by atoms with van der Waals surface area (Å²) in [5.74, 6) is 1.34. The number of anilines is 1. The molecule has 1 amide bonds. The van der Waals surface area contributed by atoms with Crippen LogP contribution < -0.4 is 14.8 Å². The number of fused-ring (bicyclic) bond motifs is 1. The van der Waals surface area contributed by atoms with Gasteiger partial charge in [-0.1, -0.05) is 93.6 Å². The molecule has 0 aliphatic carbocycles. The van der Waals surface area contributed by atoms with E-state index >= 15 is 0 Å². The van der Waals surface area contributed by atoms with Crippen LogP contribution in [0.15, 0.2) is 141 Å². The lowest BCUT2D eigenvalue weighted by atomic mass is 9.80. The summed E-state index contributed by atoms with van der Waals surface area (Å²) >= 11 is 0. The van der Waals surface area contributed by atoms with Crippen molar-refractivity contribution >= 4 is 31.4 Å². The Bertz CT molecular complexity index is 2610. The molecule has 3 aromatic heterocycles. The van der Waals surface area contributed by atoms with Crippen LogP contribution >= 0.6 is 8.53 Å². The summed E-state index contributed by atoms with van der Waals surface area (Å²) in [4.78, 5) is 31.1. The van der Waals surface area contributed by atoms with Gasteiger partial charge in [-0.05, 0) is 58.5 Å². The summed E-state index contributed by atoms with van der Waals surface area (Å²) in [7, 11) is 1.41. The third-order valence-electron chi connectivity index (χ3n) is 11.1. The molecule has 5 atom stereocenters. The number of carbonyl (C=O) groups excluding carboxylic acids is 1. The first-order chi connectivity index (χ1) is 31.1. The molecule has 1 aliphatic rings. The number of nitrogens with zero attached hydrogens (tertiary/aromatic N) is 7. The highest BCUT2D eigenvalue weighted by Crippen LogP contribution is 2.50. The van der Waals surface area contributed by atoms with Gasteiger partial charge in [0.25, 0.3) is 14.4 Å². The van der Waals surface area contributed by atoms with Crippen LogP contribution in [0.2, 0.25) is 0 Å². The van der Waals surface area contributed by atoms with Crippen LogP contribution in [0.5, 0.6) is 11.5 Å². The minimum atomic E-state index is -1.86. The number of nitrogens with one attached hydrogen (secondary N) is 1. The van der Waals surface area contributed by atoms with Gasteiger partial charge in [0.05, 0.1) is 51.9 Å². The number of nitriles is 1. The summed E-state index contributed by atoms with van der Waals surface area (Å²) < 4.78 is 42.9. The Morgan fingerprint density at radius 2 is 1.52 bits per heavy atom. The molecule has 4 aromatic carbocycles. The molecule has 2 unspecified atom stereocenters. The number of hydrogen-bond acceptors (Lipinski definition) is 12. The van der Waals surface area contributed by atoms with Gasteiger partial charge in [0.2, 0.25) is 0 Å². The van der Waals surface area contributed by atoms with Crippen molar-refractivity contribution in [2.45, 2.75) is 63.8 Å². The lowest BCUT2D eigenvalue weighted by Gasteiger charge is -2.37. The Morgan fingerprint density at radius 3 is 2.11 bits per heavy atom. The van der Waals surface area contributed by atoms with Gasteiger partial charge in [0.15, 0.2) is 17.0 Å². The molecule has 1 fully saturated rings. The van der Waals surface area contributed by atoms with Crippen LogP contribution in [0.25, 0.3) is 11.2 Å². The van der Waals surface area contributed by atoms with Gasteiger partial charge in [-0.2, -0.15) is 5.26 Å². The number of benzene rings is 4. The first-order valence-corrected chi connectivity index (χ1v) is 21.9. The summed E-state index contributed by atoms with van der Waals surface area (Å²) in [6, 6.07) is 36.9. The van der Waals surface area contributed by atoms with Gasteiger partial charge in [0, 0.05) is 24.4 Å². The topological polar surface area (TPSA) is 170 Å². The molecule has 1 N–H and O–H groups in total. The van der Waals surface area contributed by atoms with Gasteiger partial charge in [-0.3, -0.25) is 13.7 Å². The number of hydrogen-bond donors (Lipinski definition) is 1. The van der Waals surface area contributed by atoms with Gasteiger partial charge >= 0.3 is 0 Å². The number of amides is 1. The highest BCUT2D eigenvalue weighted by Gasteiger charge is 2.45. The van der Waals surface area contributed by atoms with Gasteiger partial charge in [-0.15, -0.1) is 0 Å². The van der Waals surface area contributed by atoms with Crippen molar-refractivity contribution in [3.63, 3.8) is 0 Å². The summed E-state index contributed by atoms with van der Waals surface area (Å²) in [5, 5.41) is 12.7. The molecular formula is C48H49N8O7P. The van der Waals surface area contributed by atoms with Crippen LogP contribution in [0.4, 0.5) is 5.82 Å².